The molecular formula is C26H40O6. The van der Waals surface area contributed by atoms with Crippen molar-refractivity contribution < 1.29 is 28.9 Å². The van der Waals surface area contributed by atoms with Crippen LogP contribution in [0.4, 0.5) is 0 Å². The molecule has 4 rings (SSSR count). The average Bonchev–Trinajstić information content (AvgIpc) is 3.09. The predicted octanol–water partition coefficient (Wildman–Crippen LogP) is 4.33. The number of esters is 2. The summed E-state index contributed by atoms with van der Waals surface area (Å²) in [5, 5.41) is 11.2. The fourth-order valence-corrected chi connectivity index (χ4v) is 6.92. The molecular weight excluding hydrogens is 408 g/mol. The van der Waals surface area contributed by atoms with Gasteiger partial charge in [0.15, 0.2) is 0 Å². The van der Waals surface area contributed by atoms with Crippen LogP contribution in [0.2, 0.25) is 0 Å². The minimum Gasteiger partial charge on any atom is -0.462 e. The van der Waals surface area contributed by atoms with Crippen molar-refractivity contribution in [2.75, 3.05) is 6.61 Å². The first kappa shape index (κ1) is 23.7. The van der Waals surface area contributed by atoms with Gasteiger partial charge in [-0.05, 0) is 43.4 Å². The smallest absolute Gasteiger partial charge is 0.306 e. The number of hydrogen-bond donors (Lipinski definition) is 1. The molecule has 1 aliphatic heterocycles. The molecule has 0 aromatic heterocycles. The lowest BCUT2D eigenvalue weighted by Crippen LogP contribution is -2.58. The van der Waals surface area contributed by atoms with Crippen molar-refractivity contribution in [2.24, 2.45) is 22.7 Å². The van der Waals surface area contributed by atoms with E-state index in [2.05, 4.69) is 20.8 Å². The lowest BCUT2D eigenvalue weighted by Gasteiger charge is -2.58. The Kier molecular flexibility index (Phi) is 6.75. The normalized spacial score (nSPS) is 42.8. The molecule has 8 atom stereocenters. The van der Waals surface area contributed by atoms with Gasteiger partial charge in [0.1, 0.15) is 12.2 Å². The van der Waals surface area contributed by atoms with Crippen LogP contribution in [0.15, 0.2) is 11.6 Å². The summed E-state index contributed by atoms with van der Waals surface area (Å²) < 4.78 is 17.8. The van der Waals surface area contributed by atoms with Crippen LogP contribution in [0.1, 0.15) is 85.5 Å². The molecule has 4 unspecified atom stereocenters. The lowest BCUT2D eigenvalue weighted by atomic mass is 9.49. The quantitative estimate of drug-likeness (QED) is 0.481. The Balaban J connectivity index is 1.51. The Morgan fingerprint density at radius 1 is 1.16 bits per heavy atom. The van der Waals surface area contributed by atoms with Gasteiger partial charge < -0.3 is 19.3 Å². The van der Waals surface area contributed by atoms with Crippen LogP contribution >= 0.6 is 0 Å². The van der Waals surface area contributed by atoms with Crippen LogP contribution in [0.5, 0.6) is 0 Å². The molecule has 0 amide bonds. The number of aliphatic hydroxyl groups excluding tert-OH is 1. The van der Waals surface area contributed by atoms with E-state index >= 15 is 0 Å². The monoisotopic (exact) mass is 448 g/mol. The summed E-state index contributed by atoms with van der Waals surface area (Å²) in [4.78, 5) is 24.1. The number of hydrogen-bond acceptors (Lipinski definition) is 6. The van der Waals surface area contributed by atoms with Gasteiger partial charge in [0.05, 0.1) is 18.8 Å². The van der Waals surface area contributed by atoms with Crippen LogP contribution < -0.4 is 0 Å². The van der Waals surface area contributed by atoms with E-state index in [0.29, 0.717) is 31.8 Å². The van der Waals surface area contributed by atoms with Gasteiger partial charge in [0.25, 0.3) is 0 Å². The second-order valence-corrected chi connectivity index (χ2v) is 10.9. The first-order valence-corrected chi connectivity index (χ1v) is 12.6. The summed E-state index contributed by atoms with van der Waals surface area (Å²) in [6, 6.07) is 0. The molecule has 0 aromatic rings. The van der Waals surface area contributed by atoms with E-state index in [1.54, 1.807) is 0 Å². The minimum atomic E-state index is -0.595. The number of fused-ring (bicyclic) bond motifs is 5. The second kappa shape index (κ2) is 9.09. The highest BCUT2D eigenvalue weighted by Crippen LogP contribution is 2.62. The maximum Gasteiger partial charge on any atom is 0.306 e. The van der Waals surface area contributed by atoms with E-state index in [9.17, 15) is 14.7 Å². The zero-order chi connectivity index (χ0) is 23.1. The van der Waals surface area contributed by atoms with E-state index in [0.717, 1.165) is 38.5 Å². The van der Waals surface area contributed by atoms with Crippen molar-refractivity contribution in [2.45, 2.75) is 110 Å². The van der Waals surface area contributed by atoms with Gasteiger partial charge in [-0.15, -0.1) is 0 Å². The molecule has 6 heteroatoms. The third kappa shape index (κ3) is 4.02. The number of carbonyl (C=O) groups is 2. The topological polar surface area (TPSA) is 82.1 Å². The Hall–Kier alpha value is -1.40. The summed E-state index contributed by atoms with van der Waals surface area (Å²) in [7, 11) is 0. The molecule has 4 aliphatic rings. The van der Waals surface area contributed by atoms with E-state index in [-0.39, 0.29) is 47.0 Å². The molecule has 180 valence electrons. The molecule has 32 heavy (non-hydrogen) atoms. The maximum absolute atomic E-state index is 12.1. The third-order valence-corrected chi connectivity index (χ3v) is 8.97. The fourth-order valence-electron chi connectivity index (χ4n) is 6.92. The molecule has 1 saturated heterocycles. The van der Waals surface area contributed by atoms with Crippen LogP contribution in [0.25, 0.3) is 0 Å². The van der Waals surface area contributed by atoms with Crippen LogP contribution in [-0.2, 0) is 23.8 Å². The van der Waals surface area contributed by atoms with Gasteiger partial charge >= 0.3 is 11.9 Å². The zero-order valence-corrected chi connectivity index (χ0v) is 20.1. The number of aliphatic hydroxyl groups is 1. The summed E-state index contributed by atoms with van der Waals surface area (Å²) in [6.07, 6.45) is 8.11. The summed E-state index contributed by atoms with van der Waals surface area (Å²) in [5.74, 6) is 0.0212. The largest absolute Gasteiger partial charge is 0.462 e. The first-order chi connectivity index (χ1) is 15.2. The molecule has 2 saturated carbocycles. The van der Waals surface area contributed by atoms with Gasteiger partial charge in [0.2, 0.25) is 0 Å². The van der Waals surface area contributed by atoms with Crippen molar-refractivity contribution in [1.29, 1.82) is 0 Å². The molecule has 6 nitrogen and oxygen atoms in total. The molecule has 0 radical (unpaired) electrons. The zero-order valence-electron chi connectivity index (χ0n) is 20.1. The highest BCUT2D eigenvalue weighted by atomic mass is 16.6. The number of carbonyl (C=O) groups excluding carboxylic acids is 2. The maximum atomic E-state index is 12.1. The van der Waals surface area contributed by atoms with Gasteiger partial charge in [-0.25, -0.2) is 0 Å². The van der Waals surface area contributed by atoms with Gasteiger partial charge in [0, 0.05) is 30.6 Å². The number of ether oxygens (including phenoxy) is 3. The predicted molar refractivity (Wildman–Crippen MR) is 120 cm³/mol. The van der Waals surface area contributed by atoms with Gasteiger partial charge in [-0.3, -0.25) is 9.59 Å². The Morgan fingerprint density at radius 3 is 2.66 bits per heavy atom. The first-order valence-electron chi connectivity index (χ1n) is 12.6. The summed E-state index contributed by atoms with van der Waals surface area (Å²) in [6.45, 7) is 8.78. The SMILES string of the molecule is CCCCC(=O)O[C@H]1CC[C@@]2(C)C(=CC(O)C3C2CC[C@@]2(C)C3OC[C@@H]2OC(=O)CC)C1. The Bertz CT molecular complexity index is 761. The standard InChI is InChI=1S/C26H40O6/c1-5-7-8-22(29)31-17-9-11-25(3)16(13-17)14-19(27)23-18(25)10-12-26(4)20(15-30-24(23)26)32-21(28)6-2/h14,17-20,23-24,27H,5-13,15H2,1-4H3/t17-,18?,19?,20-,23?,24?,25-,26+/m0/s1. The van der Waals surface area contributed by atoms with Crippen molar-refractivity contribution in [3.63, 3.8) is 0 Å². The lowest BCUT2D eigenvalue weighted by molar-refractivity contribution is -0.159. The second-order valence-electron chi connectivity index (χ2n) is 10.9. The van der Waals surface area contributed by atoms with Crippen LogP contribution in [0, 0.1) is 22.7 Å². The van der Waals surface area contributed by atoms with E-state index in [4.69, 9.17) is 14.2 Å². The minimum absolute atomic E-state index is 0.00326. The molecule has 1 heterocycles. The summed E-state index contributed by atoms with van der Waals surface area (Å²) in [5.41, 5.74) is 0.959. The highest BCUT2D eigenvalue weighted by molar-refractivity contribution is 5.69. The van der Waals surface area contributed by atoms with Gasteiger partial charge in [-0.2, -0.15) is 0 Å². The van der Waals surface area contributed by atoms with Crippen molar-refractivity contribution in [3.8, 4) is 0 Å². The van der Waals surface area contributed by atoms with E-state index < -0.39 is 6.10 Å². The van der Waals surface area contributed by atoms with Crippen LogP contribution in [0.3, 0.4) is 0 Å². The van der Waals surface area contributed by atoms with Gasteiger partial charge in [-0.1, -0.05) is 45.8 Å². The molecule has 3 fully saturated rings. The molecule has 0 bridgehead atoms. The van der Waals surface area contributed by atoms with Crippen molar-refractivity contribution in [3.05, 3.63) is 11.6 Å². The number of unbranched alkanes of at least 4 members (excludes halogenated alkanes) is 1. The average molecular weight is 449 g/mol. The van der Waals surface area contributed by atoms with Crippen LogP contribution in [-0.4, -0.2) is 48.1 Å². The number of rotatable bonds is 6. The van der Waals surface area contributed by atoms with E-state index in [1.165, 1.54) is 5.57 Å². The highest BCUT2D eigenvalue weighted by Gasteiger charge is 2.63. The Morgan fingerprint density at radius 2 is 1.94 bits per heavy atom. The molecule has 1 N–H and O–H groups in total. The molecule has 0 spiro atoms. The fraction of sp³-hybridized carbons (Fsp3) is 0.846. The Labute approximate surface area is 192 Å². The summed E-state index contributed by atoms with van der Waals surface area (Å²) >= 11 is 0. The van der Waals surface area contributed by atoms with E-state index in [1.807, 2.05) is 13.0 Å². The van der Waals surface area contributed by atoms with Crippen molar-refractivity contribution in [1.82, 2.24) is 0 Å². The molecule has 0 aromatic carbocycles. The van der Waals surface area contributed by atoms with Crippen molar-refractivity contribution >= 4 is 11.9 Å². The third-order valence-electron chi connectivity index (χ3n) is 8.97. The molecule has 3 aliphatic carbocycles.